The van der Waals surface area contributed by atoms with Gasteiger partial charge in [-0.25, -0.2) is 0 Å². The van der Waals surface area contributed by atoms with E-state index in [-0.39, 0.29) is 18.3 Å². The van der Waals surface area contributed by atoms with Crippen LogP contribution in [0.25, 0.3) is 5.57 Å². The van der Waals surface area contributed by atoms with Crippen LogP contribution in [0, 0.1) is 0 Å². The van der Waals surface area contributed by atoms with Gasteiger partial charge in [0.2, 0.25) is 0 Å². The largest absolute Gasteiger partial charge is 0.494 e. The summed E-state index contributed by atoms with van der Waals surface area (Å²) >= 11 is 0. The van der Waals surface area contributed by atoms with Crippen molar-refractivity contribution in [3.63, 3.8) is 0 Å². The lowest BCUT2D eigenvalue weighted by Gasteiger charge is -2.32. The van der Waals surface area contributed by atoms with E-state index in [9.17, 15) is 0 Å². The summed E-state index contributed by atoms with van der Waals surface area (Å²) in [7, 11) is -0.249. The van der Waals surface area contributed by atoms with E-state index in [1.165, 1.54) is 11.1 Å². The Hall–Kier alpha value is -1.32. The maximum absolute atomic E-state index is 6.10. The molecule has 2 aliphatic rings. The van der Waals surface area contributed by atoms with E-state index in [4.69, 9.17) is 9.31 Å². The summed E-state index contributed by atoms with van der Waals surface area (Å²) in [4.78, 5) is 0. The first-order valence-corrected chi connectivity index (χ1v) is 7.21. The van der Waals surface area contributed by atoms with Crippen LogP contribution in [0.4, 0.5) is 0 Å². The number of allylic oxidation sites excluding steroid dienone is 4. The van der Waals surface area contributed by atoms with Crippen molar-refractivity contribution in [3.05, 3.63) is 53.5 Å². The molecule has 0 saturated carbocycles. The molecule has 0 spiro atoms. The molecule has 0 aromatic heterocycles. The predicted octanol–water partition coefficient (Wildman–Crippen LogP) is 4.03. The highest BCUT2D eigenvalue weighted by Gasteiger charge is 2.52. The highest BCUT2D eigenvalue weighted by atomic mass is 16.7. The average Bonchev–Trinajstić information content (AvgIpc) is 2.94. The second-order valence-electron chi connectivity index (χ2n) is 6.53. The zero-order valence-corrected chi connectivity index (χ0v) is 12.6. The molecular formula is C17H21BO2. The van der Waals surface area contributed by atoms with Gasteiger partial charge in [-0.15, -0.1) is 0 Å². The van der Waals surface area contributed by atoms with Gasteiger partial charge in [0.25, 0.3) is 0 Å². The zero-order valence-electron chi connectivity index (χ0n) is 12.6. The molecule has 0 amide bonds. The molecule has 3 heteroatoms. The molecule has 2 nitrogen and oxygen atoms in total. The second kappa shape index (κ2) is 4.61. The van der Waals surface area contributed by atoms with Crippen LogP contribution in [-0.2, 0) is 9.31 Å². The summed E-state index contributed by atoms with van der Waals surface area (Å²) in [5.41, 5.74) is 3.19. The van der Waals surface area contributed by atoms with Gasteiger partial charge in [-0.2, -0.15) is 0 Å². The van der Waals surface area contributed by atoms with Gasteiger partial charge in [-0.05, 0) is 50.7 Å². The first-order chi connectivity index (χ1) is 9.39. The molecule has 1 aliphatic heterocycles. The number of hydrogen-bond acceptors (Lipinski definition) is 2. The minimum atomic E-state index is -0.276. The Bertz CT molecular complexity index is 554. The minimum Gasteiger partial charge on any atom is -0.399 e. The van der Waals surface area contributed by atoms with Gasteiger partial charge in [0.1, 0.15) is 0 Å². The van der Waals surface area contributed by atoms with Crippen LogP contribution in [0.15, 0.2) is 48.0 Å². The van der Waals surface area contributed by atoms with Crippen molar-refractivity contribution >= 4 is 12.7 Å². The van der Waals surface area contributed by atoms with Crippen LogP contribution in [0.2, 0.25) is 0 Å². The standard InChI is InChI=1S/C17H21BO2/c1-16(2)17(3,4)20-18(19-16)15-11-10-14(12-15)13-8-6-5-7-9-13/h5-9,11-12H,10H2,1-4H3. The van der Waals surface area contributed by atoms with Crippen molar-refractivity contribution in [2.75, 3.05) is 0 Å². The molecule has 1 fully saturated rings. The fourth-order valence-electron chi connectivity index (χ4n) is 2.54. The van der Waals surface area contributed by atoms with Gasteiger partial charge < -0.3 is 9.31 Å². The van der Waals surface area contributed by atoms with Gasteiger partial charge in [0.05, 0.1) is 11.2 Å². The molecule has 20 heavy (non-hydrogen) atoms. The Morgan fingerprint density at radius 3 is 2.15 bits per heavy atom. The molecule has 1 aromatic carbocycles. The molecule has 1 aromatic rings. The van der Waals surface area contributed by atoms with Gasteiger partial charge in [0, 0.05) is 0 Å². The van der Waals surface area contributed by atoms with Gasteiger partial charge in [-0.3, -0.25) is 0 Å². The third-order valence-electron chi connectivity index (χ3n) is 4.57. The molecule has 104 valence electrons. The topological polar surface area (TPSA) is 18.5 Å². The van der Waals surface area contributed by atoms with Crippen LogP contribution in [-0.4, -0.2) is 18.3 Å². The van der Waals surface area contributed by atoms with Crippen molar-refractivity contribution in [2.45, 2.75) is 45.3 Å². The monoisotopic (exact) mass is 268 g/mol. The summed E-state index contributed by atoms with van der Waals surface area (Å²) in [6.07, 6.45) is 5.37. The Labute approximate surface area is 121 Å². The number of hydrogen-bond donors (Lipinski definition) is 0. The highest BCUT2D eigenvalue weighted by Crippen LogP contribution is 2.40. The molecular weight excluding hydrogens is 247 g/mol. The second-order valence-corrected chi connectivity index (χ2v) is 6.53. The van der Waals surface area contributed by atoms with Crippen molar-refractivity contribution in [3.8, 4) is 0 Å². The van der Waals surface area contributed by atoms with E-state index in [1.54, 1.807) is 0 Å². The predicted molar refractivity (Wildman–Crippen MR) is 83.2 cm³/mol. The highest BCUT2D eigenvalue weighted by molar-refractivity contribution is 6.56. The molecule has 1 aliphatic carbocycles. The summed E-state index contributed by atoms with van der Waals surface area (Å²) in [5.74, 6) is 0. The molecule has 0 unspecified atom stereocenters. The molecule has 1 heterocycles. The van der Waals surface area contributed by atoms with Gasteiger partial charge in [-0.1, -0.05) is 42.5 Å². The van der Waals surface area contributed by atoms with Crippen LogP contribution in [0.3, 0.4) is 0 Å². The smallest absolute Gasteiger partial charge is 0.399 e. The molecule has 3 rings (SSSR count). The first-order valence-electron chi connectivity index (χ1n) is 7.21. The summed E-state index contributed by atoms with van der Waals surface area (Å²) < 4.78 is 12.2. The fourth-order valence-corrected chi connectivity index (χ4v) is 2.54. The Morgan fingerprint density at radius 2 is 1.55 bits per heavy atom. The Morgan fingerprint density at radius 1 is 0.950 bits per heavy atom. The van der Waals surface area contributed by atoms with Crippen LogP contribution >= 0.6 is 0 Å². The van der Waals surface area contributed by atoms with E-state index in [1.807, 2.05) is 6.07 Å². The average molecular weight is 268 g/mol. The van der Waals surface area contributed by atoms with E-state index in [0.29, 0.717) is 0 Å². The molecule has 1 saturated heterocycles. The van der Waals surface area contributed by atoms with Crippen molar-refractivity contribution < 1.29 is 9.31 Å². The SMILES string of the molecule is CC1(C)OB(C2=CCC(c3ccccc3)=C2)OC1(C)C. The summed E-state index contributed by atoms with van der Waals surface area (Å²) in [6.45, 7) is 8.35. The van der Waals surface area contributed by atoms with E-state index >= 15 is 0 Å². The third-order valence-corrected chi connectivity index (χ3v) is 4.57. The molecule has 0 atom stereocenters. The zero-order chi connectivity index (χ0) is 14.4. The maximum atomic E-state index is 6.10. The number of benzene rings is 1. The van der Waals surface area contributed by atoms with Gasteiger partial charge >= 0.3 is 7.12 Å². The van der Waals surface area contributed by atoms with Crippen LogP contribution < -0.4 is 0 Å². The summed E-state index contributed by atoms with van der Waals surface area (Å²) in [5, 5.41) is 0. The minimum absolute atomic E-state index is 0.249. The number of rotatable bonds is 2. The van der Waals surface area contributed by atoms with Gasteiger partial charge in [0.15, 0.2) is 0 Å². The van der Waals surface area contributed by atoms with Crippen molar-refractivity contribution in [1.82, 2.24) is 0 Å². The Kier molecular flexibility index (Phi) is 3.15. The van der Waals surface area contributed by atoms with E-state index < -0.39 is 0 Å². The lowest BCUT2D eigenvalue weighted by molar-refractivity contribution is 0.00578. The lowest BCUT2D eigenvalue weighted by atomic mass is 9.79. The van der Waals surface area contributed by atoms with Crippen molar-refractivity contribution in [2.24, 2.45) is 0 Å². The first kappa shape index (κ1) is 13.7. The Balaban J connectivity index is 1.80. The summed E-state index contributed by atoms with van der Waals surface area (Å²) in [6, 6.07) is 10.5. The van der Waals surface area contributed by atoms with Crippen molar-refractivity contribution in [1.29, 1.82) is 0 Å². The van der Waals surface area contributed by atoms with E-state index in [0.717, 1.165) is 11.9 Å². The molecule has 0 bridgehead atoms. The maximum Gasteiger partial charge on any atom is 0.494 e. The van der Waals surface area contributed by atoms with E-state index in [2.05, 4.69) is 64.1 Å². The van der Waals surface area contributed by atoms with Crippen LogP contribution in [0.1, 0.15) is 39.7 Å². The lowest BCUT2D eigenvalue weighted by Crippen LogP contribution is -2.41. The fraction of sp³-hybridized carbons (Fsp3) is 0.412. The third kappa shape index (κ3) is 2.25. The quantitative estimate of drug-likeness (QED) is 0.754. The normalized spacial score (nSPS) is 23.7. The molecule has 0 N–H and O–H groups in total. The van der Waals surface area contributed by atoms with Crippen LogP contribution in [0.5, 0.6) is 0 Å². The molecule has 0 radical (unpaired) electrons.